The lowest BCUT2D eigenvalue weighted by atomic mass is 10.2. The van der Waals surface area contributed by atoms with Crippen molar-refractivity contribution in [2.45, 2.75) is 0 Å². The van der Waals surface area contributed by atoms with Crippen molar-refractivity contribution >= 4 is 11.9 Å². The van der Waals surface area contributed by atoms with Crippen molar-refractivity contribution in [3.63, 3.8) is 0 Å². The average molecular weight is 378 g/mol. The molecule has 0 amide bonds. The van der Waals surface area contributed by atoms with Crippen molar-refractivity contribution in [3.8, 4) is 11.5 Å². The molecule has 2 rings (SSSR count). The summed E-state index contributed by atoms with van der Waals surface area (Å²) in [7, 11) is 0. The smallest absolute Gasteiger partial charge is 0.335 e. The molecule has 0 saturated heterocycles. The minimum Gasteiger partial charge on any atom is -0.478 e. The summed E-state index contributed by atoms with van der Waals surface area (Å²) in [5, 5.41) is 17.6. The maximum Gasteiger partial charge on any atom is 0.335 e. The third kappa shape index (κ3) is 7.32. The van der Waals surface area contributed by atoms with Gasteiger partial charge in [0, 0.05) is 0 Å². The molecule has 0 aliphatic rings. The second kappa shape index (κ2) is 10.8. The number of hydrogen-bond donors (Lipinski definition) is 2. The van der Waals surface area contributed by atoms with E-state index in [2.05, 4.69) is 0 Å². The highest BCUT2D eigenvalue weighted by atomic mass is 16.8. The van der Waals surface area contributed by atoms with E-state index in [1.807, 2.05) is 0 Å². The first kappa shape index (κ1) is 20.2. The van der Waals surface area contributed by atoms with Gasteiger partial charge in [-0.05, 0) is 48.5 Å². The van der Waals surface area contributed by atoms with Crippen LogP contribution in [0.2, 0.25) is 0 Å². The zero-order valence-corrected chi connectivity index (χ0v) is 14.2. The molecule has 0 atom stereocenters. The van der Waals surface area contributed by atoms with Crippen molar-refractivity contribution in [1.29, 1.82) is 0 Å². The Hall–Kier alpha value is -3.14. The van der Waals surface area contributed by atoms with E-state index >= 15 is 0 Å². The Labute approximate surface area is 154 Å². The molecule has 0 unspecified atom stereocenters. The van der Waals surface area contributed by atoms with Crippen LogP contribution in [0.25, 0.3) is 0 Å². The number of rotatable bonds is 12. The van der Waals surface area contributed by atoms with Crippen LogP contribution in [0.3, 0.4) is 0 Å². The van der Waals surface area contributed by atoms with Crippen molar-refractivity contribution in [3.05, 3.63) is 59.7 Å². The maximum absolute atomic E-state index is 10.7. The number of carbonyl (C=O) groups is 2. The molecule has 0 aliphatic heterocycles. The lowest BCUT2D eigenvalue weighted by Crippen LogP contribution is -2.11. The van der Waals surface area contributed by atoms with Crippen molar-refractivity contribution < 1.29 is 43.5 Å². The molecule has 0 bridgehead atoms. The summed E-state index contributed by atoms with van der Waals surface area (Å²) < 4.78 is 25.7. The second-order valence-corrected chi connectivity index (χ2v) is 5.03. The standard InChI is InChI=1S/C18H18O9/c19-17(20)13-1-5-15(6-2-13)26-11-24-9-23-10-25-12-27-16-7-3-14(4-8-16)18(21)22/h1-8H,9-12H2,(H,19,20)(H,21,22). The van der Waals surface area contributed by atoms with Gasteiger partial charge in [-0.3, -0.25) is 0 Å². The first-order chi connectivity index (χ1) is 13.1. The first-order valence-corrected chi connectivity index (χ1v) is 7.72. The molecule has 0 fully saturated rings. The van der Waals surface area contributed by atoms with Crippen LogP contribution in [0.15, 0.2) is 48.5 Å². The Kier molecular flexibility index (Phi) is 8.04. The Morgan fingerprint density at radius 2 is 0.926 bits per heavy atom. The van der Waals surface area contributed by atoms with Crippen LogP contribution in [-0.2, 0) is 14.2 Å². The molecule has 0 heterocycles. The van der Waals surface area contributed by atoms with Crippen LogP contribution < -0.4 is 9.47 Å². The highest BCUT2D eigenvalue weighted by Crippen LogP contribution is 2.13. The molecule has 144 valence electrons. The fourth-order valence-electron chi connectivity index (χ4n) is 1.83. The Bertz CT molecular complexity index is 662. The highest BCUT2D eigenvalue weighted by Gasteiger charge is 2.03. The lowest BCUT2D eigenvalue weighted by Gasteiger charge is -2.09. The van der Waals surface area contributed by atoms with Crippen LogP contribution in [0.1, 0.15) is 20.7 Å². The van der Waals surface area contributed by atoms with Gasteiger partial charge in [0.1, 0.15) is 11.5 Å². The molecular formula is C18H18O9. The van der Waals surface area contributed by atoms with E-state index in [1.165, 1.54) is 48.5 Å². The summed E-state index contributed by atoms with van der Waals surface area (Å²) in [6.45, 7) is -0.279. The van der Waals surface area contributed by atoms with E-state index in [9.17, 15) is 9.59 Å². The van der Waals surface area contributed by atoms with Gasteiger partial charge >= 0.3 is 11.9 Å². The number of aromatic carboxylic acids is 2. The summed E-state index contributed by atoms with van der Waals surface area (Å²) in [6.07, 6.45) is 0. The van der Waals surface area contributed by atoms with E-state index in [0.29, 0.717) is 11.5 Å². The molecule has 9 nitrogen and oxygen atoms in total. The maximum atomic E-state index is 10.7. The van der Waals surface area contributed by atoms with Gasteiger partial charge in [0.2, 0.25) is 0 Å². The molecular weight excluding hydrogens is 360 g/mol. The number of benzene rings is 2. The van der Waals surface area contributed by atoms with Gasteiger partial charge in [-0.2, -0.15) is 0 Å². The second-order valence-electron chi connectivity index (χ2n) is 5.03. The van der Waals surface area contributed by atoms with Crippen LogP contribution >= 0.6 is 0 Å². The predicted molar refractivity (Wildman–Crippen MR) is 90.8 cm³/mol. The molecule has 0 aromatic heterocycles. The van der Waals surface area contributed by atoms with Crippen LogP contribution in [0.4, 0.5) is 0 Å². The minimum absolute atomic E-state index is 0.0689. The van der Waals surface area contributed by atoms with E-state index in [1.54, 1.807) is 0 Å². The van der Waals surface area contributed by atoms with Crippen LogP contribution in [-0.4, -0.2) is 49.3 Å². The van der Waals surface area contributed by atoms with E-state index in [0.717, 1.165) is 0 Å². The first-order valence-electron chi connectivity index (χ1n) is 7.72. The SMILES string of the molecule is O=C(O)c1ccc(OCOCOCOCOc2ccc(C(=O)O)cc2)cc1. The lowest BCUT2D eigenvalue weighted by molar-refractivity contribution is -0.168. The van der Waals surface area contributed by atoms with Gasteiger partial charge in [-0.1, -0.05) is 0 Å². The van der Waals surface area contributed by atoms with Crippen molar-refractivity contribution in [2.24, 2.45) is 0 Å². The summed E-state index contributed by atoms with van der Waals surface area (Å²) in [5.41, 5.74) is 0.340. The Morgan fingerprint density at radius 3 is 1.26 bits per heavy atom. The van der Waals surface area contributed by atoms with Gasteiger partial charge in [-0.25, -0.2) is 9.59 Å². The summed E-state index contributed by atoms with van der Waals surface area (Å²) in [4.78, 5) is 21.4. The highest BCUT2D eigenvalue weighted by molar-refractivity contribution is 5.88. The normalized spacial score (nSPS) is 10.4. The van der Waals surface area contributed by atoms with Crippen LogP contribution in [0.5, 0.6) is 11.5 Å². The van der Waals surface area contributed by atoms with E-state index in [4.69, 9.17) is 33.9 Å². The number of hydrogen-bond acceptors (Lipinski definition) is 7. The molecule has 0 radical (unpaired) electrons. The molecule has 9 heteroatoms. The molecule has 2 aromatic carbocycles. The summed E-state index contributed by atoms with van der Waals surface area (Å²) in [6, 6.07) is 11.8. The fourth-order valence-corrected chi connectivity index (χ4v) is 1.83. The van der Waals surface area contributed by atoms with Gasteiger partial charge in [0.15, 0.2) is 27.2 Å². The van der Waals surface area contributed by atoms with Gasteiger partial charge in [0.25, 0.3) is 0 Å². The van der Waals surface area contributed by atoms with Crippen LogP contribution in [0, 0.1) is 0 Å². The number of ether oxygens (including phenoxy) is 5. The topological polar surface area (TPSA) is 121 Å². The summed E-state index contributed by atoms with van der Waals surface area (Å²) >= 11 is 0. The van der Waals surface area contributed by atoms with Crippen molar-refractivity contribution in [2.75, 3.05) is 27.2 Å². The average Bonchev–Trinajstić information content (AvgIpc) is 2.67. The quantitative estimate of drug-likeness (QED) is 0.423. The number of carboxylic acid groups (broad SMARTS) is 2. The van der Waals surface area contributed by atoms with Crippen molar-refractivity contribution in [1.82, 2.24) is 0 Å². The van der Waals surface area contributed by atoms with Gasteiger partial charge < -0.3 is 33.9 Å². The van der Waals surface area contributed by atoms with E-state index < -0.39 is 11.9 Å². The molecule has 0 aliphatic carbocycles. The molecule has 0 saturated carbocycles. The third-order valence-electron chi connectivity index (χ3n) is 3.15. The summed E-state index contributed by atoms with van der Waals surface area (Å²) in [5.74, 6) is -1.07. The van der Waals surface area contributed by atoms with Gasteiger partial charge in [-0.15, -0.1) is 0 Å². The third-order valence-corrected chi connectivity index (χ3v) is 3.15. The zero-order valence-electron chi connectivity index (χ0n) is 14.2. The predicted octanol–water partition coefficient (Wildman–Crippen LogP) is 2.42. The molecule has 27 heavy (non-hydrogen) atoms. The fraction of sp³-hybridized carbons (Fsp3) is 0.222. The Balaban J connectivity index is 1.48. The Morgan fingerprint density at radius 1 is 0.593 bits per heavy atom. The monoisotopic (exact) mass is 378 g/mol. The van der Waals surface area contributed by atoms with E-state index in [-0.39, 0.29) is 38.3 Å². The minimum atomic E-state index is -1.01. The zero-order chi connectivity index (χ0) is 19.5. The largest absolute Gasteiger partial charge is 0.478 e. The molecule has 2 aromatic rings. The number of carboxylic acids is 2. The van der Waals surface area contributed by atoms with Gasteiger partial charge in [0.05, 0.1) is 11.1 Å². The molecule has 2 N–H and O–H groups in total. The molecule has 0 spiro atoms.